The minimum atomic E-state index is -5.03. The third kappa shape index (κ3) is 6.69. The average molecular weight is 702 g/mol. The highest BCUT2D eigenvalue weighted by molar-refractivity contribution is 7.07. The minimum Gasteiger partial charge on any atom is -0.488 e. The Balaban J connectivity index is 1.68. The number of rotatable bonds is 7. The van der Waals surface area contributed by atoms with Crippen LogP contribution in [0.1, 0.15) is 29.7 Å². The van der Waals surface area contributed by atoms with E-state index in [0.717, 1.165) is 15.9 Å². The quantitative estimate of drug-likeness (QED) is 0.187. The van der Waals surface area contributed by atoms with Gasteiger partial charge in [-0.25, -0.2) is 9.79 Å². The maximum atomic E-state index is 14.3. The second-order valence-corrected chi connectivity index (χ2v) is 12.0. The van der Waals surface area contributed by atoms with E-state index in [1.54, 1.807) is 36.4 Å². The first-order chi connectivity index (χ1) is 20.9. The van der Waals surface area contributed by atoms with Crippen molar-refractivity contribution in [1.82, 2.24) is 4.57 Å². The number of halogens is 7. The molecule has 0 radical (unpaired) electrons. The van der Waals surface area contributed by atoms with Crippen molar-refractivity contribution < 1.29 is 27.4 Å². The fraction of sp³-hybridized carbons (Fsp3) is 0.167. The molecule has 1 aliphatic rings. The standard InChI is InChI=1S/C30H19Cl4F3N2O4S/c1-2-42-28(41)24-25(15-3-6-18(31)7-4-15)39-27(40)23(44-29(39)38-26(24)30(35,36)37)12-17-11-19(32)9-10-22(17)43-14-16-5-8-20(33)13-21(16)34/h3-13,25H,2,14H2,1H3/b23-12-/t25-/m1/s1. The highest BCUT2D eigenvalue weighted by atomic mass is 35.5. The first-order valence-electron chi connectivity index (χ1n) is 12.8. The van der Waals surface area contributed by atoms with Gasteiger partial charge >= 0.3 is 12.1 Å². The largest absolute Gasteiger partial charge is 0.488 e. The summed E-state index contributed by atoms with van der Waals surface area (Å²) >= 11 is 25.2. The molecule has 0 fully saturated rings. The number of hydrogen-bond donors (Lipinski definition) is 0. The molecule has 0 saturated heterocycles. The number of aromatic nitrogens is 1. The lowest BCUT2D eigenvalue weighted by molar-refractivity contribution is -0.140. The van der Waals surface area contributed by atoms with Crippen molar-refractivity contribution in [1.29, 1.82) is 0 Å². The van der Waals surface area contributed by atoms with Gasteiger partial charge in [0.2, 0.25) is 0 Å². The van der Waals surface area contributed by atoms with E-state index in [4.69, 9.17) is 55.9 Å². The number of ether oxygens (including phenoxy) is 2. The van der Waals surface area contributed by atoms with Crippen LogP contribution < -0.4 is 19.6 Å². The highest BCUT2D eigenvalue weighted by Gasteiger charge is 2.45. The molecule has 3 aromatic carbocycles. The number of esters is 1. The van der Waals surface area contributed by atoms with Crippen LogP contribution in [0.2, 0.25) is 20.1 Å². The van der Waals surface area contributed by atoms with Crippen LogP contribution in [-0.2, 0) is 16.1 Å². The van der Waals surface area contributed by atoms with Gasteiger partial charge in [0.05, 0.1) is 22.8 Å². The normalized spacial score (nSPS) is 15.2. The predicted octanol–water partition coefficient (Wildman–Crippen LogP) is 7.53. The van der Waals surface area contributed by atoms with Crippen molar-refractivity contribution in [2.45, 2.75) is 25.7 Å². The molecular formula is C30H19Cl4F3N2O4S. The molecule has 1 aliphatic heterocycles. The molecule has 0 N–H and O–H groups in total. The van der Waals surface area contributed by atoms with Gasteiger partial charge < -0.3 is 9.47 Å². The van der Waals surface area contributed by atoms with Gasteiger partial charge in [0.25, 0.3) is 5.56 Å². The van der Waals surface area contributed by atoms with E-state index >= 15 is 0 Å². The Hall–Kier alpha value is -3.28. The average Bonchev–Trinajstić information content (AvgIpc) is 3.27. The summed E-state index contributed by atoms with van der Waals surface area (Å²) < 4.78 is 55.1. The van der Waals surface area contributed by atoms with E-state index in [1.807, 2.05) is 0 Å². The summed E-state index contributed by atoms with van der Waals surface area (Å²) in [5.74, 6) is -0.923. The van der Waals surface area contributed by atoms with Crippen LogP contribution in [0.15, 0.2) is 81.7 Å². The van der Waals surface area contributed by atoms with E-state index in [9.17, 15) is 22.8 Å². The monoisotopic (exact) mass is 700 g/mol. The van der Waals surface area contributed by atoms with Crippen molar-refractivity contribution in [3.8, 4) is 5.75 Å². The second kappa shape index (κ2) is 13.0. The predicted molar refractivity (Wildman–Crippen MR) is 164 cm³/mol. The van der Waals surface area contributed by atoms with Crippen molar-refractivity contribution in [3.63, 3.8) is 0 Å². The Labute approximate surface area is 272 Å². The molecule has 44 heavy (non-hydrogen) atoms. The molecule has 0 amide bonds. The van der Waals surface area contributed by atoms with E-state index in [0.29, 0.717) is 37.0 Å². The number of allylic oxidation sites excluding steroid dienone is 1. The van der Waals surface area contributed by atoms with Crippen LogP contribution in [0.3, 0.4) is 0 Å². The van der Waals surface area contributed by atoms with Gasteiger partial charge in [-0.1, -0.05) is 75.9 Å². The summed E-state index contributed by atoms with van der Waals surface area (Å²) in [5, 5.41) is 1.48. The molecule has 0 bridgehead atoms. The summed E-state index contributed by atoms with van der Waals surface area (Å²) in [5.41, 5.74) is -1.73. The smallest absolute Gasteiger partial charge is 0.434 e. The molecule has 0 aliphatic carbocycles. The maximum Gasteiger partial charge on any atom is 0.434 e. The fourth-order valence-electron chi connectivity index (χ4n) is 4.50. The van der Waals surface area contributed by atoms with Crippen molar-refractivity contribution in [2.75, 3.05) is 6.61 Å². The summed E-state index contributed by atoms with van der Waals surface area (Å²) in [4.78, 5) is 30.4. The van der Waals surface area contributed by atoms with Crippen molar-refractivity contribution >= 4 is 69.8 Å². The van der Waals surface area contributed by atoms with Crippen LogP contribution in [0.25, 0.3) is 6.08 Å². The van der Waals surface area contributed by atoms with Gasteiger partial charge in [-0.3, -0.25) is 9.36 Å². The van der Waals surface area contributed by atoms with Crippen LogP contribution >= 0.6 is 57.7 Å². The molecule has 4 aromatic rings. The van der Waals surface area contributed by atoms with Crippen LogP contribution in [0, 0.1) is 0 Å². The number of carbonyl (C=O) groups is 1. The van der Waals surface area contributed by atoms with Gasteiger partial charge in [-0.2, -0.15) is 13.2 Å². The molecule has 6 nitrogen and oxygen atoms in total. The molecule has 2 heterocycles. The number of hydrogen-bond acceptors (Lipinski definition) is 6. The fourth-order valence-corrected chi connectivity index (χ4v) is 6.26. The number of alkyl halides is 3. The number of benzene rings is 3. The zero-order valence-electron chi connectivity index (χ0n) is 22.4. The summed E-state index contributed by atoms with van der Waals surface area (Å²) in [6.45, 7) is 1.32. The number of carbonyl (C=O) groups excluding carboxylic acids is 1. The van der Waals surface area contributed by atoms with Crippen molar-refractivity contribution in [2.24, 2.45) is 4.99 Å². The summed E-state index contributed by atoms with van der Waals surface area (Å²) in [6, 6.07) is 13.9. The third-order valence-electron chi connectivity index (χ3n) is 6.44. The lowest BCUT2D eigenvalue weighted by atomic mass is 9.95. The Morgan fingerprint density at radius 2 is 1.66 bits per heavy atom. The molecule has 0 unspecified atom stereocenters. The highest BCUT2D eigenvalue weighted by Crippen LogP contribution is 2.38. The van der Waals surface area contributed by atoms with Crippen molar-refractivity contribution in [3.05, 3.63) is 128 Å². The van der Waals surface area contributed by atoms with E-state index < -0.39 is 35.0 Å². The summed E-state index contributed by atoms with van der Waals surface area (Å²) in [7, 11) is 0. The Morgan fingerprint density at radius 3 is 2.32 bits per heavy atom. The SMILES string of the molecule is CCOC(=O)C1=C(C(F)(F)F)N=c2s/c(=C\c3cc(Cl)ccc3OCc3ccc(Cl)cc3Cl)c(=O)n2[C@@H]1c1ccc(Cl)cc1. The number of nitrogens with zero attached hydrogens (tertiary/aromatic N) is 2. The maximum absolute atomic E-state index is 14.3. The van der Waals surface area contributed by atoms with E-state index in [-0.39, 0.29) is 28.1 Å². The first-order valence-corrected chi connectivity index (χ1v) is 15.1. The number of fused-ring (bicyclic) bond motifs is 1. The molecule has 1 aromatic heterocycles. The van der Waals surface area contributed by atoms with Crippen LogP contribution in [0.4, 0.5) is 13.2 Å². The van der Waals surface area contributed by atoms with Crippen LogP contribution in [0.5, 0.6) is 5.75 Å². The lowest BCUT2D eigenvalue weighted by Gasteiger charge is -2.26. The van der Waals surface area contributed by atoms with Gasteiger partial charge in [0.15, 0.2) is 10.5 Å². The third-order valence-corrected chi connectivity index (χ3v) is 8.49. The van der Waals surface area contributed by atoms with E-state index in [2.05, 4.69) is 4.99 Å². The summed E-state index contributed by atoms with van der Waals surface area (Å²) in [6.07, 6.45) is -3.59. The molecule has 5 rings (SSSR count). The van der Waals surface area contributed by atoms with Gasteiger partial charge in [-0.05, 0) is 61.0 Å². The van der Waals surface area contributed by atoms with Gasteiger partial charge in [0.1, 0.15) is 12.4 Å². The van der Waals surface area contributed by atoms with E-state index in [1.165, 1.54) is 37.3 Å². The van der Waals surface area contributed by atoms with Crippen LogP contribution in [-0.4, -0.2) is 23.3 Å². The Kier molecular flexibility index (Phi) is 9.48. The first kappa shape index (κ1) is 32.1. The molecule has 14 heteroatoms. The Bertz CT molecular complexity index is 1970. The van der Waals surface area contributed by atoms with Gasteiger partial charge in [-0.15, -0.1) is 0 Å². The Morgan fingerprint density at radius 1 is 1.00 bits per heavy atom. The zero-order valence-corrected chi connectivity index (χ0v) is 26.3. The lowest BCUT2D eigenvalue weighted by Crippen LogP contribution is -2.41. The molecule has 1 atom stereocenters. The molecule has 0 saturated carbocycles. The molecule has 228 valence electrons. The molecule has 0 spiro atoms. The zero-order chi connectivity index (χ0) is 31.8. The minimum absolute atomic E-state index is 0.0194. The molecular weight excluding hydrogens is 683 g/mol. The van der Waals surface area contributed by atoms with Gasteiger partial charge in [0, 0.05) is 31.2 Å². The number of thiazole rings is 1. The topological polar surface area (TPSA) is 69.9 Å². The second-order valence-electron chi connectivity index (χ2n) is 9.32.